The number of nitrogens with zero attached hydrogens (tertiary/aromatic N) is 1. The Bertz CT molecular complexity index is 543. The van der Waals surface area contributed by atoms with E-state index < -0.39 is 0 Å². The Kier molecular flexibility index (Phi) is 5.51. The van der Waals surface area contributed by atoms with Crippen molar-refractivity contribution in [3.8, 4) is 0 Å². The van der Waals surface area contributed by atoms with Gasteiger partial charge in [-0.05, 0) is 55.2 Å². The minimum absolute atomic E-state index is 0.200. The lowest BCUT2D eigenvalue weighted by Crippen LogP contribution is -2.48. The molecule has 2 aliphatic heterocycles. The molecule has 1 aromatic carbocycles. The summed E-state index contributed by atoms with van der Waals surface area (Å²) in [7, 11) is 0. The Hall–Kier alpha value is -1.46. The second-order valence-corrected chi connectivity index (χ2v) is 7.21. The van der Waals surface area contributed by atoms with Crippen LogP contribution in [0, 0.1) is 11.2 Å². The molecule has 2 aliphatic rings. The third kappa shape index (κ3) is 4.14. The van der Waals surface area contributed by atoms with Gasteiger partial charge < -0.3 is 15.4 Å². The molecule has 5 heteroatoms. The minimum atomic E-state index is -0.238. The summed E-state index contributed by atoms with van der Waals surface area (Å²) in [4.78, 5) is 14.4. The predicted molar refractivity (Wildman–Crippen MR) is 91.0 cm³/mol. The van der Waals surface area contributed by atoms with E-state index in [-0.39, 0.29) is 23.2 Å². The molecule has 0 radical (unpaired) electrons. The fraction of sp³-hybridized carbons (Fsp3) is 0.632. The summed E-state index contributed by atoms with van der Waals surface area (Å²) >= 11 is 0. The van der Waals surface area contributed by atoms with Crippen molar-refractivity contribution in [1.82, 2.24) is 4.90 Å². The molecule has 1 unspecified atom stereocenters. The van der Waals surface area contributed by atoms with Crippen molar-refractivity contribution in [2.24, 2.45) is 11.1 Å². The first-order valence-corrected chi connectivity index (χ1v) is 8.94. The molecule has 1 aromatic rings. The van der Waals surface area contributed by atoms with Gasteiger partial charge in [-0.2, -0.15) is 0 Å². The largest absolute Gasteiger partial charge is 0.376 e. The zero-order chi connectivity index (χ0) is 17.0. The summed E-state index contributed by atoms with van der Waals surface area (Å²) < 4.78 is 18.8. The quantitative estimate of drug-likeness (QED) is 0.920. The molecule has 0 bridgehead atoms. The van der Waals surface area contributed by atoms with Crippen LogP contribution in [0.4, 0.5) is 4.39 Å². The molecular weight excluding hydrogens is 307 g/mol. The number of amides is 1. The molecule has 2 heterocycles. The van der Waals surface area contributed by atoms with Gasteiger partial charge in [0.1, 0.15) is 5.82 Å². The molecule has 132 valence electrons. The molecule has 2 fully saturated rings. The first kappa shape index (κ1) is 17.4. The smallest absolute Gasteiger partial charge is 0.222 e. The van der Waals surface area contributed by atoms with E-state index in [1.807, 2.05) is 4.90 Å². The standard InChI is InChI=1S/C19H27FN2O2/c20-16-4-1-15(2-5-16)3-6-18(23)22-11-9-19(10-12-22)8-7-17(13-21)24-14-19/h1-2,4-5,17H,3,6-14,21H2. The van der Waals surface area contributed by atoms with E-state index in [1.165, 1.54) is 12.1 Å². The highest BCUT2D eigenvalue weighted by Gasteiger charge is 2.39. The Morgan fingerprint density at radius 2 is 1.96 bits per heavy atom. The molecule has 4 nitrogen and oxygen atoms in total. The van der Waals surface area contributed by atoms with Gasteiger partial charge in [-0.25, -0.2) is 4.39 Å². The second-order valence-electron chi connectivity index (χ2n) is 7.21. The summed E-state index contributed by atoms with van der Waals surface area (Å²) in [6, 6.07) is 6.40. The Labute approximate surface area is 143 Å². The molecule has 1 amide bonds. The summed E-state index contributed by atoms with van der Waals surface area (Å²) in [6.07, 6.45) is 5.61. The fourth-order valence-electron chi connectivity index (χ4n) is 3.79. The zero-order valence-electron chi connectivity index (χ0n) is 14.2. The normalized spacial score (nSPS) is 23.4. The van der Waals surface area contributed by atoms with Crippen molar-refractivity contribution >= 4 is 5.91 Å². The molecule has 2 saturated heterocycles. The number of benzene rings is 1. The van der Waals surface area contributed by atoms with Crippen molar-refractivity contribution in [3.63, 3.8) is 0 Å². The highest BCUT2D eigenvalue weighted by Crippen LogP contribution is 2.40. The molecule has 0 aliphatic carbocycles. The lowest BCUT2D eigenvalue weighted by Gasteiger charge is -2.45. The van der Waals surface area contributed by atoms with Crippen LogP contribution in [0.1, 0.15) is 37.7 Å². The van der Waals surface area contributed by atoms with Crippen molar-refractivity contribution in [2.45, 2.75) is 44.6 Å². The number of hydrogen-bond acceptors (Lipinski definition) is 3. The Morgan fingerprint density at radius 3 is 2.54 bits per heavy atom. The summed E-state index contributed by atoms with van der Waals surface area (Å²) in [5.41, 5.74) is 6.93. The monoisotopic (exact) mass is 334 g/mol. The van der Waals surface area contributed by atoms with E-state index in [1.54, 1.807) is 12.1 Å². The molecule has 0 saturated carbocycles. The maximum atomic E-state index is 12.9. The van der Waals surface area contributed by atoms with E-state index in [4.69, 9.17) is 10.5 Å². The van der Waals surface area contributed by atoms with E-state index in [2.05, 4.69) is 0 Å². The summed E-state index contributed by atoms with van der Waals surface area (Å²) in [5.74, 6) is -0.0382. The van der Waals surface area contributed by atoms with Crippen LogP contribution < -0.4 is 5.73 Å². The van der Waals surface area contributed by atoms with Crippen LogP contribution in [0.25, 0.3) is 0 Å². The van der Waals surface area contributed by atoms with Gasteiger partial charge in [-0.1, -0.05) is 12.1 Å². The summed E-state index contributed by atoms with van der Waals surface area (Å²) in [5, 5.41) is 0. The number of carbonyl (C=O) groups is 1. The lowest BCUT2D eigenvalue weighted by molar-refractivity contribution is -0.137. The molecule has 1 atom stereocenters. The SMILES string of the molecule is NCC1CCC2(CCN(C(=O)CCc3ccc(F)cc3)CC2)CO1. The van der Waals surface area contributed by atoms with Crippen LogP contribution in [-0.4, -0.2) is 43.2 Å². The van der Waals surface area contributed by atoms with Crippen LogP contribution in [0.15, 0.2) is 24.3 Å². The first-order valence-electron chi connectivity index (χ1n) is 8.94. The number of aryl methyl sites for hydroxylation is 1. The number of halogens is 1. The Morgan fingerprint density at radius 1 is 1.25 bits per heavy atom. The molecule has 1 spiro atoms. The highest BCUT2D eigenvalue weighted by atomic mass is 19.1. The van der Waals surface area contributed by atoms with Crippen LogP contribution in [0.3, 0.4) is 0 Å². The maximum absolute atomic E-state index is 12.9. The van der Waals surface area contributed by atoms with Crippen molar-refractivity contribution in [2.75, 3.05) is 26.2 Å². The Balaban J connectivity index is 1.44. The number of likely N-dealkylation sites (tertiary alicyclic amines) is 1. The van der Waals surface area contributed by atoms with Crippen molar-refractivity contribution in [1.29, 1.82) is 0 Å². The highest BCUT2D eigenvalue weighted by molar-refractivity contribution is 5.76. The summed E-state index contributed by atoms with van der Waals surface area (Å²) in [6.45, 7) is 3.02. The molecule has 2 N–H and O–H groups in total. The van der Waals surface area contributed by atoms with Gasteiger partial charge in [0.15, 0.2) is 0 Å². The van der Waals surface area contributed by atoms with E-state index in [0.717, 1.165) is 50.9 Å². The zero-order valence-corrected chi connectivity index (χ0v) is 14.2. The minimum Gasteiger partial charge on any atom is -0.376 e. The van der Waals surface area contributed by atoms with Gasteiger partial charge in [-0.3, -0.25) is 4.79 Å². The van der Waals surface area contributed by atoms with E-state index in [0.29, 0.717) is 19.4 Å². The maximum Gasteiger partial charge on any atom is 0.222 e. The number of rotatable bonds is 4. The molecular formula is C19H27FN2O2. The number of carbonyl (C=O) groups excluding carboxylic acids is 1. The van der Waals surface area contributed by atoms with Crippen LogP contribution in [-0.2, 0) is 16.0 Å². The number of nitrogens with two attached hydrogens (primary N) is 1. The number of hydrogen-bond donors (Lipinski definition) is 1. The lowest BCUT2D eigenvalue weighted by atomic mass is 9.73. The van der Waals surface area contributed by atoms with Crippen LogP contribution in [0.2, 0.25) is 0 Å². The van der Waals surface area contributed by atoms with Gasteiger partial charge in [0.25, 0.3) is 0 Å². The van der Waals surface area contributed by atoms with Crippen LogP contribution in [0.5, 0.6) is 0 Å². The molecule has 24 heavy (non-hydrogen) atoms. The average Bonchev–Trinajstić information content (AvgIpc) is 2.62. The van der Waals surface area contributed by atoms with Gasteiger partial charge in [0, 0.05) is 26.1 Å². The van der Waals surface area contributed by atoms with Gasteiger partial charge in [0.05, 0.1) is 12.7 Å². The van der Waals surface area contributed by atoms with Gasteiger partial charge >= 0.3 is 0 Å². The topological polar surface area (TPSA) is 55.6 Å². The van der Waals surface area contributed by atoms with E-state index in [9.17, 15) is 9.18 Å². The average molecular weight is 334 g/mol. The third-order valence-electron chi connectivity index (χ3n) is 5.60. The van der Waals surface area contributed by atoms with Crippen molar-refractivity contribution in [3.05, 3.63) is 35.6 Å². The second kappa shape index (κ2) is 7.62. The first-order chi connectivity index (χ1) is 11.6. The van der Waals surface area contributed by atoms with Gasteiger partial charge in [-0.15, -0.1) is 0 Å². The third-order valence-corrected chi connectivity index (χ3v) is 5.60. The number of ether oxygens (including phenoxy) is 1. The molecule has 3 rings (SSSR count). The molecule has 0 aromatic heterocycles. The van der Waals surface area contributed by atoms with Gasteiger partial charge in [0.2, 0.25) is 5.91 Å². The van der Waals surface area contributed by atoms with E-state index >= 15 is 0 Å². The van der Waals surface area contributed by atoms with Crippen molar-refractivity contribution < 1.29 is 13.9 Å². The van der Waals surface area contributed by atoms with Crippen LogP contribution >= 0.6 is 0 Å². The number of piperidine rings is 1. The fourth-order valence-corrected chi connectivity index (χ4v) is 3.79. The predicted octanol–water partition coefficient (Wildman–Crippen LogP) is 2.50.